The zero-order valence-electron chi connectivity index (χ0n) is 12.1. The van der Waals surface area contributed by atoms with E-state index in [0.717, 1.165) is 11.6 Å². The lowest BCUT2D eigenvalue weighted by molar-refractivity contribution is -0.141. The van der Waals surface area contributed by atoms with Crippen LogP contribution in [-0.4, -0.2) is 9.78 Å². The summed E-state index contributed by atoms with van der Waals surface area (Å²) in [6.07, 6.45) is -4.52. The van der Waals surface area contributed by atoms with Crippen molar-refractivity contribution in [3.05, 3.63) is 70.9 Å². The van der Waals surface area contributed by atoms with Gasteiger partial charge in [0, 0.05) is 5.56 Å². The second kappa shape index (κ2) is 5.74. The molecule has 0 bridgehead atoms. The van der Waals surface area contributed by atoms with Gasteiger partial charge in [-0.25, -0.2) is 4.68 Å². The van der Waals surface area contributed by atoms with Gasteiger partial charge in [0.2, 0.25) is 0 Å². The molecule has 0 radical (unpaired) electrons. The first kappa shape index (κ1) is 15.6. The van der Waals surface area contributed by atoms with Crippen LogP contribution in [-0.2, 0) is 6.18 Å². The molecule has 0 aliphatic carbocycles. The summed E-state index contributed by atoms with van der Waals surface area (Å²) >= 11 is 6.12. The van der Waals surface area contributed by atoms with Crippen molar-refractivity contribution < 1.29 is 13.2 Å². The molecule has 23 heavy (non-hydrogen) atoms. The summed E-state index contributed by atoms with van der Waals surface area (Å²) in [6.45, 7) is 1.91. The minimum absolute atomic E-state index is 0.331. The molecule has 0 aliphatic rings. The van der Waals surface area contributed by atoms with Gasteiger partial charge < -0.3 is 0 Å². The van der Waals surface area contributed by atoms with Crippen LogP contribution in [0, 0.1) is 6.92 Å². The molecule has 1 heterocycles. The Morgan fingerprint density at radius 2 is 1.65 bits per heavy atom. The van der Waals surface area contributed by atoms with Crippen LogP contribution in [0.2, 0.25) is 5.02 Å². The third-order valence-electron chi connectivity index (χ3n) is 3.43. The van der Waals surface area contributed by atoms with E-state index in [-0.39, 0.29) is 0 Å². The molecule has 3 aromatic rings. The molecule has 2 nitrogen and oxygen atoms in total. The van der Waals surface area contributed by atoms with Crippen molar-refractivity contribution in [3.63, 3.8) is 0 Å². The normalized spacial score (nSPS) is 11.7. The van der Waals surface area contributed by atoms with Crippen LogP contribution < -0.4 is 0 Å². The quantitative estimate of drug-likeness (QED) is 0.602. The number of hydrogen-bond acceptors (Lipinski definition) is 1. The van der Waals surface area contributed by atoms with Gasteiger partial charge >= 0.3 is 6.18 Å². The van der Waals surface area contributed by atoms with Gasteiger partial charge in [0.25, 0.3) is 0 Å². The van der Waals surface area contributed by atoms with Crippen molar-refractivity contribution in [2.75, 3.05) is 0 Å². The predicted octanol–water partition coefficient (Wildman–Crippen LogP) is 5.52. The average Bonchev–Trinajstić information content (AvgIpc) is 2.93. The maximum absolute atomic E-state index is 13.1. The third-order valence-corrected chi connectivity index (χ3v) is 3.75. The molecule has 0 N–H and O–H groups in total. The fourth-order valence-corrected chi connectivity index (χ4v) is 2.47. The molecule has 0 fully saturated rings. The predicted molar refractivity (Wildman–Crippen MR) is 83.7 cm³/mol. The molecule has 0 saturated heterocycles. The number of aryl methyl sites for hydroxylation is 1. The van der Waals surface area contributed by atoms with Crippen LogP contribution in [0.4, 0.5) is 13.2 Å². The van der Waals surface area contributed by atoms with Crippen LogP contribution in [0.3, 0.4) is 0 Å². The monoisotopic (exact) mass is 336 g/mol. The standard InChI is InChI=1S/C17H12ClF3N2/c1-11-6-8-12(9-7-11)15-10-16(17(19,20)21)22-23(15)14-5-3-2-4-13(14)18/h2-10H,1H3. The van der Waals surface area contributed by atoms with E-state index in [0.29, 0.717) is 22.0 Å². The summed E-state index contributed by atoms with van der Waals surface area (Å²) < 4.78 is 40.4. The summed E-state index contributed by atoms with van der Waals surface area (Å²) in [5.41, 5.74) is 1.45. The highest BCUT2D eigenvalue weighted by molar-refractivity contribution is 6.32. The first-order valence-electron chi connectivity index (χ1n) is 6.85. The van der Waals surface area contributed by atoms with Gasteiger partial charge in [-0.05, 0) is 25.1 Å². The lowest BCUT2D eigenvalue weighted by Gasteiger charge is -2.09. The Labute approximate surface area is 136 Å². The van der Waals surface area contributed by atoms with Gasteiger partial charge in [-0.1, -0.05) is 53.6 Å². The number of para-hydroxylation sites is 1. The number of hydrogen-bond donors (Lipinski definition) is 0. The Morgan fingerprint density at radius 3 is 2.26 bits per heavy atom. The molecule has 0 atom stereocenters. The molecule has 0 unspecified atom stereocenters. The topological polar surface area (TPSA) is 17.8 Å². The largest absolute Gasteiger partial charge is 0.435 e. The highest BCUT2D eigenvalue weighted by Crippen LogP contribution is 2.34. The summed E-state index contributed by atoms with van der Waals surface area (Å²) in [5, 5.41) is 4.05. The lowest BCUT2D eigenvalue weighted by atomic mass is 10.1. The summed E-state index contributed by atoms with van der Waals surface area (Å²) in [5.74, 6) is 0. The van der Waals surface area contributed by atoms with Crippen LogP contribution in [0.5, 0.6) is 0 Å². The molecule has 6 heteroatoms. The Kier molecular flexibility index (Phi) is 3.90. The van der Waals surface area contributed by atoms with Crippen molar-refractivity contribution in [1.29, 1.82) is 0 Å². The smallest absolute Gasteiger partial charge is 0.231 e. The van der Waals surface area contributed by atoms with E-state index < -0.39 is 11.9 Å². The molecule has 1 aromatic heterocycles. The second-order valence-electron chi connectivity index (χ2n) is 5.14. The number of aromatic nitrogens is 2. The van der Waals surface area contributed by atoms with Crippen molar-refractivity contribution in [1.82, 2.24) is 9.78 Å². The van der Waals surface area contributed by atoms with Crippen molar-refractivity contribution in [2.45, 2.75) is 13.1 Å². The van der Waals surface area contributed by atoms with Gasteiger partial charge in [0.15, 0.2) is 5.69 Å². The molecule has 0 saturated carbocycles. The molecular weight excluding hydrogens is 325 g/mol. The van der Waals surface area contributed by atoms with Gasteiger partial charge in [-0.3, -0.25) is 0 Å². The summed E-state index contributed by atoms with van der Waals surface area (Å²) in [7, 11) is 0. The maximum atomic E-state index is 13.1. The Balaban J connectivity index is 2.23. The van der Waals surface area contributed by atoms with E-state index in [4.69, 9.17) is 11.6 Å². The summed E-state index contributed by atoms with van der Waals surface area (Å²) in [4.78, 5) is 0. The van der Waals surface area contributed by atoms with Gasteiger partial charge in [-0.15, -0.1) is 0 Å². The molecular formula is C17H12ClF3N2. The SMILES string of the molecule is Cc1ccc(-c2cc(C(F)(F)F)nn2-c2ccccc2Cl)cc1. The molecule has 118 valence electrons. The van der Waals surface area contributed by atoms with Crippen LogP contribution in [0.25, 0.3) is 16.9 Å². The first-order valence-corrected chi connectivity index (χ1v) is 7.23. The number of alkyl halides is 3. The lowest BCUT2D eigenvalue weighted by Crippen LogP contribution is -2.07. The first-order chi connectivity index (χ1) is 10.9. The average molecular weight is 337 g/mol. The van der Waals surface area contributed by atoms with Crippen LogP contribution in [0.15, 0.2) is 54.6 Å². The highest BCUT2D eigenvalue weighted by atomic mass is 35.5. The highest BCUT2D eigenvalue weighted by Gasteiger charge is 2.35. The number of benzene rings is 2. The molecule has 0 aliphatic heterocycles. The maximum Gasteiger partial charge on any atom is 0.435 e. The van der Waals surface area contributed by atoms with Crippen molar-refractivity contribution >= 4 is 11.6 Å². The van der Waals surface area contributed by atoms with E-state index in [1.807, 2.05) is 19.1 Å². The van der Waals surface area contributed by atoms with E-state index in [1.165, 1.54) is 4.68 Å². The van der Waals surface area contributed by atoms with Gasteiger partial charge in [-0.2, -0.15) is 18.3 Å². The second-order valence-corrected chi connectivity index (χ2v) is 5.55. The van der Waals surface area contributed by atoms with Crippen molar-refractivity contribution in [3.8, 4) is 16.9 Å². The zero-order valence-corrected chi connectivity index (χ0v) is 12.9. The Bertz CT molecular complexity index is 836. The van der Waals surface area contributed by atoms with Crippen LogP contribution in [0.1, 0.15) is 11.3 Å². The zero-order chi connectivity index (χ0) is 16.6. The molecule has 0 spiro atoms. The minimum atomic E-state index is -4.52. The Hall–Kier alpha value is -2.27. The minimum Gasteiger partial charge on any atom is -0.231 e. The van der Waals surface area contributed by atoms with E-state index in [2.05, 4.69) is 5.10 Å². The number of nitrogens with zero attached hydrogens (tertiary/aromatic N) is 2. The fourth-order valence-electron chi connectivity index (χ4n) is 2.26. The number of halogens is 4. The molecule has 3 rings (SSSR count). The van der Waals surface area contributed by atoms with E-state index >= 15 is 0 Å². The molecule has 0 amide bonds. The number of rotatable bonds is 2. The molecule has 2 aromatic carbocycles. The Morgan fingerprint density at radius 1 is 1.00 bits per heavy atom. The van der Waals surface area contributed by atoms with E-state index in [1.54, 1.807) is 36.4 Å². The third kappa shape index (κ3) is 3.10. The van der Waals surface area contributed by atoms with Crippen LogP contribution >= 0.6 is 11.6 Å². The van der Waals surface area contributed by atoms with Crippen molar-refractivity contribution in [2.24, 2.45) is 0 Å². The summed E-state index contributed by atoms with van der Waals surface area (Å²) in [6, 6.07) is 14.9. The van der Waals surface area contributed by atoms with Gasteiger partial charge in [0.05, 0.1) is 16.4 Å². The van der Waals surface area contributed by atoms with Gasteiger partial charge in [0.1, 0.15) is 0 Å². The fraction of sp³-hybridized carbons (Fsp3) is 0.118. The van der Waals surface area contributed by atoms with E-state index in [9.17, 15) is 13.2 Å².